The van der Waals surface area contributed by atoms with Crippen LogP contribution in [0.4, 0.5) is 14.5 Å². The molecule has 0 heterocycles. The van der Waals surface area contributed by atoms with Gasteiger partial charge in [-0.15, -0.1) is 12.1 Å². The minimum absolute atomic E-state index is 0. The van der Waals surface area contributed by atoms with Crippen LogP contribution in [0.15, 0.2) is 48.5 Å². The zero-order chi connectivity index (χ0) is 20.7. The van der Waals surface area contributed by atoms with Crippen molar-refractivity contribution in [2.45, 2.75) is 25.3 Å². The maximum absolute atomic E-state index is 13.3. The predicted octanol–water partition coefficient (Wildman–Crippen LogP) is 3.52. The van der Waals surface area contributed by atoms with Gasteiger partial charge in [-0.2, -0.15) is 24.1 Å². The van der Waals surface area contributed by atoms with Crippen LogP contribution < -0.4 is 15.5 Å². The van der Waals surface area contributed by atoms with Gasteiger partial charge in [-0.05, 0) is 29.8 Å². The molecule has 0 saturated carbocycles. The van der Waals surface area contributed by atoms with Crippen LogP contribution in [-0.2, 0) is 39.5 Å². The molecule has 0 bridgehead atoms. The molecular weight excluding hydrogens is 557 g/mol. The van der Waals surface area contributed by atoms with E-state index in [9.17, 15) is 13.6 Å². The average Bonchev–Trinajstić information content (AvgIpc) is 2.62. The number of nitrogens with one attached hydrogen (secondary N) is 2. The van der Waals surface area contributed by atoms with Crippen molar-refractivity contribution < 1.29 is 36.0 Å². The molecule has 1 amide bonds. The summed E-state index contributed by atoms with van der Waals surface area (Å²) in [6, 6.07) is 13.5. The second-order valence-corrected chi connectivity index (χ2v) is 7.04. The Morgan fingerprint density at radius 3 is 2.21 bits per heavy atom. The SMILES string of the molecule is [Au].[CH2-]NC[C@H]([CH-]c1ccc(C(C)(F)F)cc1)NC(=O)Cc1ccc(N(C)C)cc1. The van der Waals surface area contributed by atoms with Gasteiger partial charge in [0.05, 0.1) is 6.42 Å². The van der Waals surface area contributed by atoms with Crippen LogP contribution in [0.3, 0.4) is 0 Å². The van der Waals surface area contributed by atoms with Crippen molar-refractivity contribution in [1.82, 2.24) is 10.6 Å². The molecule has 0 spiro atoms. The van der Waals surface area contributed by atoms with Crippen LogP contribution in [0.2, 0.25) is 0 Å². The van der Waals surface area contributed by atoms with Crippen molar-refractivity contribution >= 4 is 11.6 Å². The summed E-state index contributed by atoms with van der Waals surface area (Å²) in [4.78, 5) is 14.4. The Kier molecular flexibility index (Phi) is 9.86. The summed E-state index contributed by atoms with van der Waals surface area (Å²) in [5.74, 6) is -2.99. The predicted molar refractivity (Wildman–Crippen MR) is 109 cm³/mol. The molecule has 7 heteroatoms. The number of alkyl halides is 2. The third-order valence-corrected chi connectivity index (χ3v) is 4.34. The number of hydrogen-bond donors (Lipinski definition) is 2. The van der Waals surface area contributed by atoms with Crippen LogP contribution in [0.1, 0.15) is 23.6 Å². The number of carbonyl (C=O) groups excluding carboxylic acids is 1. The molecule has 4 nitrogen and oxygen atoms in total. The first-order valence-corrected chi connectivity index (χ1v) is 9.08. The van der Waals surface area contributed by atoms with E-state index in [0.29, 0.717) is 6.54 Å². The molecule has 1 radical (unpaired) electrons. The Morgan fingerprint density at radius 2 is 1.72 bits per heavy atom. The van der Waals surface area contributed by atoms with Gasteiger partial charge >= 0.3 is 0 Å². The number of halogens is 2. The van der Waals surface area contributed by atoms with E-state index in [-0.39, 0.29) is 46.3 Å². The Bertz CT molecular complexity index is 759. The number of rotatable bonds is 9. The molecule has 29 heavy (non-hydrogen) atoms. The van der Waals surface area contributed by atoms with Crippen LogP contribution in [0, 0.1) is 13.5 Å². The van der Waals surface area contributed by atoms with Crippen molar-refractivity contribution in [3.63, 3.8) is 0 Å². The molecule has 0 fully saturated rings. The number of nitrogens with zero attached hydrogens (tertiary/aromatic N) is 1. The first-order valence-electron chi connectivity index (χ1n) is 9.08. The molecule has 163 valence electrons. The van der Waals surface area contributed by atoms with Crippen molar-refractivity contribution in [1.29, 1.82) is 0 Å². The maximum atomic E-state index is 13.3. The summed E-state index contributed by atoms with van der Waals surface area (Å²) in [7, 11) is 7.53. The van der Waals surface area contributed by atoms with E-state index >= 15 is 0 Å². The molecule has 0 aromatic heterocycles. The summed E-state index contributed by atoms with van der Waals surface area (Å²) in [6.07, 6.45) is 2.08. The van der Waals surface area contributed by atoms with Crippen LogP contribution in [0.25, 0.3) is 0 Å². The second kappa shape index (κ2) is 11.4. The first kappa shape index (κ1) is 25.2. The normalized spacial score (nSPS) is 11.9. The Morgan fingerprint density at radius 1 is 1.14 bits per heavy atom. The summed E-state index contributed by atoms with van der Waals surface area (Å²) >= 11 is 0. The molecule has 0 aliphatic carbocycles. The standard InChI is InChI=1S/C22H27F2N3O.Au/c1-22(23,24)18-9-5-16(6-10-18)13-19(15-25-2)26-21(28)14-17-7-11-20(12-8-17)27(3)4;/h5-13,19,25H,2,14-15H2,1,3-4H3,(H,26,28);/q-2;/t19-;/m0./s1. The number of hydrogen-bond acceptors (Lipinski definition) is 3. The van der Waals surface area contributed by atoms with Gasteiger partial charge in [0.25, 0.3) is 5.92 Å². The van der Waals surface area contributed by atoms with E-state index in [0.717, 1.165) is 23.7 Å². The van der Waals surface area contributed by atoms with Gasteiger partial charge in [-0.3, -0.25) is 11.8 Å². The Hall–Kier alpha value is -1.86. The zero-order valence-corrected chi connectivity index (χ0v) is 19.0. The quantitative estimate of drug-likeness (QED) is 0.351. The topological polar surface area (TPSA) is 44.4 Å². The minimum Gasteiger partial charge on any atom is -0.472 e. The van der Waals surface area contributed by atoms with E-state index in [4.69, 9.17) is 0 Å². The summed E-state index contributed by atoms with van der Waals surface area (Å²) in [5, 5.41) is 5.73. The molecular formula is C22H27AuF2N3O-2. The number of benzene rings is 2. The largest absolute Gasteiger partial charge is 0.472 e. The van der Waals surface area contributed by atoms with Gasteiger partial charge in [-0.25, -0.2) is 8.78 Å². The molecule has 0 saturated heterocycles. The minimum atomic E-state index is -2.87. The molecule has 2 aromatic carbocycles. The van der Waals surface area contributed by atoms with Crippen LogP contribution >= 0.6 is 0 Å². The number of amides is 1. The molecule has 0 unspecified atom stereocenters. The third-order valence-electron chi connectivity index (χ3n) is 4.34. The molecule has 2 N–H and O–H groups in total. The van der Waals surface area contributed by atoms with Crippen molar-refractivity contribution in [3.05, 3.63) is 78.7 Å². The average molecular weight is 584 g/mol. The van der Waals surface area contributed by atoms with E-state index in [1.165, 1.54) is 12.1 Å². The maximum Gasteiger partial charge on any atom is 0.268 e. The van der Waals surface area contributed by atoms with E-state index in [1.807, 2.05) is 49.7 Å². The van der Waals surface area contributed by atoms with E-state index in [2.05, 4.69) is 17.7 Å². The fourth-order valence-electron chi connectivity index (χ4n) is 2.78. The zero-order valence-electron chi connectivity index (χ0n) is 16.8. The Balaban J connectivity index is 0.00000420. The van der Waals surface area contributed by atoms with Gasteiger partial charge in [-0.1, -0.05) is 12.1 Å². The van der Waals surface area contributed by atoms with Crippen molar-refractivity contribution in [3.8, 4) is 0 Å². The van der Waals surface area contributed by atoms with Gasteiger partial charge in [0, 0.05) is 55.1 Å². The Labute approximate surface area is 187 Å². The van der Waals surface area contributed by atoms with Crippen LogP contribution in [0.5, 0.6) is 0 Å². The van der Waals surface area contributed by atoms with Gasteiger partial charge in [0.2, 0.25) is 5.91 Å². The molecule has 2 rings (SSSR count). The van der Waals surface area contributed by atoms with Crippen LogP contribution in [-0.4, -0.2) is 32.6 Å². The number of carbonyl (C=O) groups is 1. The fourth-order valence-corrected chi connectivity index (χ4v) is 2.78. The van der Waals surface area contributed by atoms with Gasteiger partial charge in [0.1, 0.15) is 0 Å². The molecule has 0 aliphatic rings. The summed E-state index contributed by atoms with van der Waals surface area (Å²) < 4.78 is 26.7. The monoisotopic (exact) mass is 584 g/mol. The van der Waals surface area contributed by atoms with E-state index in [1.54, 1.807) is 12.1 Å². The number of anilines is 1. The van der Waals surface area contributed by atoms with Crippen molar-refractivity contribution in [2.75, 3.05) is 25.5 Å². The smallest absolute Gasteiger partial charge is 0.268 e. The van der Waals surface area contributed by atoms with Gasteiger partial charge < -0.3 is 15.5 Å². The van der Waals surface area contributed by atoms with Gasteiger partial charge in [0.15, 0.2) is 0 Å². The van der Waals surface area contributed by atoms with E-state index < -0.39 is 5.92 Å². The molecule has 1 atom stereocenters. The summed E-state index contributed by atoms with van der Waals surface area (Å²) in [6.45, 7) is 1.30. The summed E-state index contributed by atoms with van der Waals surface area (Å²) in [5.41, 5.74) is 2.70. The first-order chi connectivity index (χ1) is 13.2. The molecule has 2 aromatic rings. The molecule has 0 aliphatic heterocycles. The van der Waals surface area contributed by atoms with Crippen molar-refractivity contribution in [2.24, 2.45) is 0 Å². The third kappa shape index (κ3) is 8.19. The fraction of sp³-hybridized carbons (Fsp3) is 0.318. The second-order valence-electron chi connectivity index (χ2n) is 7.04.